The van der Waals surface area contributed by atoms with Crippen LogP contribution in [-0.4, -0.2) is 43.7 Å². The van der Waals surface area contributed by atoms with Gasteiger partial charge in [-0.2, -0.15) is 0 Å². The van der Waals surface area contributed by atoms with Crippen molar-refractivity contribution in [2.45, 2.75) is 25.3 Å². The maximum Gasteiger partial charge on any atom is 0.344 e. The first kappa shape index (κ1) is 18.5. The topological polar surface area (TPSA) is 90.9 Å². The van der Waals surface area contributed by atoms with Gasteiger partial charge in [0.1, 0.15) is 5.75 Å². The van der Waals surface area contributed by atoms with E-state index in [4.69, 9.17) is 14.2 Å². The van der Waals surface area contributed by atoms with Gasteiger partial charge in [-0.25, -0.2) is 9.59 Å². The third kappa shape index (κ3) is 3.09. The average molecular weight is 347 g/mol. The summed E-state index contributed by atoms with van der Waals surface area (Å²) >= 11 is 0. The van der Waals surface area contributed by atoms with Gasteiger partial charge in [-0.3, -0.25) is 4.79 Å². The summed E-state index contributed by atoms with van der Waals surface area (Å²) in [7, 11) is 1.52. The highest BCUT2D eigenvalue weighted by atomic mass is 16.6. The van der Waals surface area contributed by atoms with Crippen molar-refractivity contribution < 1.29 is 28.6 Å². The molecule has 1 aliphatic rings. The third-order valence-corrected chi connectivity index (χ3v) is 4.03. The Morgan fingerprint density at radius 3 is 2.08 bits per heavy atom. The number of methoxy groups -OCH3 is 1. The average Bonchev–Trinajstić information content (AvgIpc) is 2.88. The van der Waals surface area contributed by atoms with E-state index in [1.807, 2.05) is 0 Å². The van der Waals surface area contributed by atoms with Crippen molar-refractivity contribution in [2.24, 2.45) is 0 Å². The number of ether oxygens (including phenoxy) is 3. The Morgan fingerprint density at radius 1 is 1.12 bits per heavy atom. The molecule has 1 heterocycles. The molecule has 2 rings (SSSR count). The normalized spacial score (nSPS) is 18.4. The largest absolute Gasteiger partial charge is 0.497 e. The number of carbonyl (C=O) groups excluding carboxylic acids is 3. The quantitative estimate of drug-likeness (QED) is 0.474. The van der Waals surface area contributed by atoms with E-state index in [-0.39, 0.29) is 18.8 Å². The van der Waals surface area contributed by atoms with Gasteiger partial charge in [0, 0.05) is 5.57 Å². The van der Waals surface area contributed by atoms with E-state index in [0.717, 1.165) is 0 Å². The highest BCUT2D eigenvalue weighted by Gasteiger charge is 2.62. The molecule has 7 heteroatoms. The van der Waals surface area contributed by atoms with E-state index in [0.29, 0.717) is 11.3 Å². The molecule has 0 aliphatic carbocycles. The fourth-order valence-electron chi connectivity index (χ4n) is 2.88. The highest BCUT2D eigenvalue weighted by Crippen LogP contribution is 2.42. The van der Waals surface area contributed by atoms with Gasteiger partial charge in [-0.05, 0) is 31.5 Å². The van der Waals surface area contributed by atoms with Crippen LogP contribution >= 0.6 is 0 Å². The van der Waals surface area contributed by atoms with Crippen LogP contribution in [0.3, 0.4) is 0 Å². The van der Waals surface area contributed by atoms with E-state index >= 15 is 0 Å². The molecule has 7 nitrogen and oxygen atoms in total. The predicted octanol–water partition coefficient (Wildman–Crippen LogP) is 1.33. The number of nitrogens with one attached hydrogen (secondary N) is 1. The van der Waals surface area contributed by atoms with Crippen molar-refractivity contribution in [3.63, 3.8) is 0 Å². The fraction of sp³-hybridized carbons (Fsp3) is 0.389. The van der Waals surface area contributed by atoms with Crippen molar-refractivity contribution >= 4 is 17.8 Å². The Morgan fingerprint density at radius 2 is 1.64 bits per heavy atom. The molecule has 1 atom stereocenters. The molecule has 134 valence electrons. The first-order chi connectivity index (χ1) is 11.9. The van der Waals surface area contributed by atoms with Gasteiger partial charge >= 0.3 is 11.9 Å². The molecule has 0 aromatic heterocycles. The van der Waals surface area contributed by atoms with Crippen LogP contribution in [0.25, 0.3) is 0 Å². The van der Waals surface area contributed by atoms with Crippen LogP contribution in [0.1, 0.15) is 25.3 Å². The van der Waals surface area contributed by atoms with Crippen LogP contribution in [0.4, 0.5) is 0 Å². The van der Waals surface area contributed by atoms with Crippen LogP contribution in [0.5, 0.6) is 5.75 Å². The van der Waals surface area contributed by atoms with Gasteiger partial charge in [0.15, 0.2) is 0 Å². The Hall–Kier alpha value is -2.83. The molecule has 1 saturated heterocycles. The summed E-state index contributed by atoms with van der Waals surface area (Å²) < 4.78 is 15.3. The lowest BCUT2D eigenvalue weighted by molar-refractivity contribution is -0.166. The van der Waals surface area contributed by atoms with Crippen molar-refractivity contribution in [3.05, 3.63) is 42.0 Å². The molecule has 1 aromatic rings. The summed E-state index contributed by atoms with van der Waals surface area (Å²) in [6.07, 6.45) is 0. The molecular weight excluding hydrogens is 326 g/mol. The van der Waals surface area contributed by atoms with Crippen LogP contribution in [-0.2, 0) is 23.9 Å². The van der Waals surface area contributed by atoms with Crippen molar-refractivity contribution in [2.75, 3.05) is 20.3 Å². The minimum atomic E-state index is -1.99. The molecule has 0 spiro atoms. The van der Waals surface area contributed by atoms with E-state index < -0.39 is 29.3 Å². The minimum absolute atomic E-state index is 0.0532. The second-order valence-corrected chi connectivity index (χ2v) is 5.43. The fourth-order valence-corrected chi connectivity index (χ4v) is 2.88. The summed E-state index contributed by atoms with van der Waals surface area (Å²) in [4.78, 5) is 37.6. The van der Waals surface area contributed by atoms with Crippen molar-refractivity contribution in [3.8, 4) is 5.75 Å². The number of amides is 1. The number of hydrogen-bond acceptors (Lipinski definition) is 6. The summed E-state index contributed by atoms with van der Waals surface area (Å²) in [5.74, 6) is -2.68. The minimum Gasteiger partial charge on any atom is -0.497 e. The second-order valence-electron chi connectivity index (χ2n) is 5.43. The Labute approximate surface area is 145 Å². The summed E-state index contributed by atoms with van der Waals surface area (Å²) in [5, 5.41) is 2.44. The van der Waals surface area contributed by atoms with Crippen LogP contribution in [0.2, 0.25) is 0 Å². The lowest BCUT2D eigenvalue weighted by atomic mass is 9.78. The lowest BCUT2D eigenvalue weighted by Gasteiger charge is -2.30. The first-order valence-electron chi connectivity index (χ1n) is 7.92. The molecule has 1 amide bonds. The molecule has 25 heavy (non-hydrogen) atoms. The van der Waals surface area contributed by atoms with Crippen molar-refractivity contribution in [1.29, 1.82) is 0 Å². The summed E-state index contributed by atoms with van der Waals surface area (Å²) in [6, 6.07) is 6.68. The Bertz CT molecular complexity index is 676. The monoisotopic (exact) mass is 347 g/mol. The zero-order chi connectivity index (χ0) is 18.6. The summed E-state index contributed by atoms with van der Waals surface area (Å²) in [5.41, 5.74) is -1.36. The molecule has 0 radical (unpaired) electrons. The lowest BCUT2D eigenvalue weighted by Crippen LogP contribution is -2.59. The zero-order valence-electron chi connectivity index (χ0n) is 14.5. The number of hydrogen-bond donors (Lipinski definition) is 1. The van der Waals surface area contributed by atoms with Gasteiger partial charge in [-0.1, -0.05) is 18.7 Å². The van der Waals surface area contributed by atoms with Crippen LogP contribution in [0.15, 0.2) is 36.4 Å². The molecule has 1 N–H and O–H groups in total. The van der Waals surface area contributed by atoms with Gasteiger partial charge in [-0.15, -0.1) is 0 Å². The standard InChI is InChI=1S/C18H21NO6/c1-5-24-16(21)18(17(22)25-6-2)14(11(3)15(20)19-18)12-7-9-13(23-4)10-8-12/h7-10,14H,3,5-6H2,1-2,4H3,(H,19,20). The van der Waals surface area contributed by atoms with Gasteiger partial charge in [0.05, 0.1) is 26.2 Å². The zero-order valence-corrected chi connectivity index (χ0v) is 14.5. The summed E-state index contributed by atoms with van der Waals surface area (Å²) in [6.45, 7) is 7.10. The first-order valence-corrected chi connectivity index (χ1v) is 7.92. The van der Waals surface area contributed by atoms with Gasteiger partial charge in [0.2, 0.25) is 11.4 Å². The third-order valence-electron chi connectivity index (χ3n) is 4.03. The second kappa shape index (κ2) is 7.38. The van der Waals surface area contributed by atoms with E-state index in [1.54, 1.807) is 38.1 Å². The van der Waals surface area contributed by atoms with Gasteiger partial charge in [0.25, 0.3) is 0 Å². The number of benzene rings is 1. The van der Waals surface area contributed by atoms with E-state index in [1.165, 1.54) is 7.11 Å². The molecule has 1 aromatic carbocycles. The van der Waals surface area contributed by atoms with Crippen LogP contribution in [0, 0.1) is 0 Å². The van der Waals surface area contributed by atoms with E-state index in [9.17, 15) is 14.4 Å². The molecular formula is C18H21NO6. The molecule has 0 saturated carbocycles. The van der Waals surface area contributed by atoms with E-state index in [2.05, 4.69) is 11.9 Å². The SMILES string of the molecule is C=C1C(=O)NC(C(=O)OCC)(C(=O)OCC)C1c1ccc(OC)cc1. The molecule has 1 unspecified atom stereocenters. The predicted molar refractivity (Wildman–Crippen MR) is 89.0 cm³/mol. The highest BCUT2D eigenvalue weighted by molar-refractivity contribution is 6.16. The smallest absolute Gasteiger partial charge is 0.344 e. The maximum absolute atomic E-state index is 12.7. The van der Waals surface area contributed by atoms with Gasteiger partial charge < -0.3 is 19.5 Å². The van der Waals surface area contributed by atoms with Crippen LogP contribution < -0.4 is 10.1 Å². The maximum atomic E-state index is 12.7. The van der Waals surface area contributed by atoms with Crippen molar-refractivity contribution in [1.82, 2.24) is 5.32 Å². The molecule has 1 aliphatic heterocycles. The number of carbonyl (C=O) groups is 3. The number of rotatable bonds is 6. The Kier molecular flexibility index (Phi) is 5.46. The Balaban J connectivity index is 2.60. The molecule has 0 bridgehead atoms. The molecule has 1 fully saturated rings. The number of esters is 2.